The number of hydrogen-bond acceptors (Lipinski definition) is 6. The predicted molar refractivity (Wildman–Crippen MR) is 102 cm³/mol. The Morgan fingerprint density at radius 2 is 2.22 bits per heavy atom. The molecule has 1 fully saturated rings. The van der Waals surface area contributed by atoms with E-state index in [2.05, 4.69) is 33.2 Å². The number of aromatic amines is 1. The van der Waals surface area contributed by atoms with Gasteiger partial charge in [0.25, 0.3) is 0 Å². The standard InChI is InChI=1S/C20H20N6O/c1-26-10-3-6-16(26)18-15(7-10)23-20(22)13(9-21)17(18)19-12-5-4-11(27-2)8-14(12)24-25-19/h4-5,8,10,16H,3,6-7H2,1-2H3,(H2,22,23)(H,24,25)/t10-,16+/m0/s1. The molecule has 136 valence electrons. The van der Waals surface area contributed by atoms with Crippen molar-refractivity contribution in [2.75, 3.05) is 19.9 Å². The van der Waals surface area contributed by atoms with Crippen molar-refractivity contribution in [1.82, 2.24) is 20.1 Å². The second kappa shape index (κ2) is 5.69. The summed E-state index contributed by atoms with van der Waals surface area (Å²) in [5, 5.41) is 18.4. The number of nitrogens with two attached hydrogens (primary N) is 1. The number of nitriles is 1. The van der Waals surface area contributed by atoms with Crippen molar-refractivity contribution in [1.29, 1.82) is 5.26 Å². The van der Waals surface area contributed by atoms with Gasteiger partial charge in [-0.3, -0.25) is 10.00 Å². The van der Waals surface area contributed by atoms with Crippen LogP contribution in [0.1, 0.15) is 35.7 Å². The van der Waals surface area contributed by atoms with Crippen LogP contribution in [0.5, 0.6) is 5.75 Å². The number of pyridine rings is 1. The van der Waals surface area contributed by atoms with Gasteiger partial charge in [0, 0.05) is 46.8 Å². The molecule has 0 saturated carbocycles. The molecule has 7 nitrogen and oxygen atoms in total. The fourth-order valence-electron chi connectivity index (χ4n) is 4.69. The van der Waals surface area contributed by atoms with Crippen LogP contribution in [0.15, 0.2) is 18.2 Å². The maximum atomic E-state index is 9.85. The van der Waals surface area contributed by atoms with Gasteiger partial charge in [0.15, 0.2) is 0 Å². The molecule has 2 aliphatic heterocycles. The number of methoxy groups -OCH3 is 1. The number of nitrogens with zero attached hydrogens (tertiary/aromatic N) is 4. The number of nitrogen functional groups attached to an aromatic ring is 1. The Morgan fingerprint density at radius 1 is 1.37 bits per heavy atom. The van der Waals surface area contributed by atoms with E-state index in [0.717, 1.165) is 58.4 Å². The molecule has 0 spiro atoms. The zero-order valence-corrected chi connectivity index (χ0v) is 15.3. The van der Waals surface area contributed by atoms with E-state index in [1.165, 1.54) is 0 Å². The van der Waals surface area contributed by atoms with Crippen molar-refractivity contribution in [2.45, 2.75) is 31.3 Å². The number of benzene rings is 1. The minimum atomic E-state index is 0.249. The Labute approximate surface area is 156 Å². The quantitative estimate of drug-likeness (QED) is 0.728. The molecular formula is C20H20N6O. The van der Waals surface area contributed by atoms with Crippen LogP contribution in [0.3, 0.4) is 0 Å². The molecule has 3 N–H and O–H groups in total. The van der Waals surface area contributed by atoms with Crippen LogP contribution < -0.4 is 10.5 Å². The number of hydrogen-bond donors (Lipinski definition) is 2. The first-order valence-electron chi connectivity index (χ1n) is 9.09. The molecule has 0 amide bonds. The van der Waals surface area contributed by atoms with Crippen LogP contribution in [0.25, 0.3) is 22.2 Å². The third-order valence-corrected chi connectivity index (χ3v) is 6.06. The summed E-state index contributed by atoms with van der Waals surface area (Å²) in [4.78, 5) is 7.01. The number of rotatable bonds is 2. The molecule has 2 bridgehead atoms. The molecule has 2 aromatic heterocycles. The lowest BCUT2D eigenvalue weighted by Gasteiger charge is -2.34. The number of aromatic nitrogens is 3. The smallest absolute Gasteiger partial charge is 0.142 e. The van der Waals surface area contributed by atoms with Crippen molar-refractivity contribution < 1.29 is 4.74 Å². The van der Waals surface area contributed by atoms with E-state index < -0.39 is 0 Å². The largest absolute Gasteiger partial charge is 0.497 e. The molecule has 0 radical (unpaired) electrons. The van der Waals surface area contributed by atoms with E-state index in [1.54, 1.807) is 7.11 Å². The lowest BCUT2D eigenvalue weighted by molar-refractivity contribution is 0.222. The molecule has 7 heteroatoms. The zero-order chi connectivity index (χ0) is 18.7. The van der Waals surface area contributed by atoms with Crippen LogP contribution in [0.4, 0.5) is 5.82 Å². The molecule has 2 aliphatic rings. The van der Waals surface area contributed by atoms with Gasteiger partial charge in [-0.15, -0.1) is 0 Å². The van der Waals surface area contributed by atoms with E-state index >= 15 is 0 Å². The van der Waals surface area contributed by atoms with Crippen molar-refractivity contribution in [3.8, 4) is 23.1 Å². The van der Waals surface area contributed by atoms with E-state index in [4.69, 9.17) is 10.5 Å². The molecule has 2 atom stereocenters. The molecule has 4 heterocycles. The summed E-state index contributed by atoms with van der Waals surface area (Å²) in [5.41, 5.74) is 11.2. The average molecular weight is 360 g/mol. The number of fused-ring (bicyclic) bond motifs is 5. The van der Waals surface area contributed by atoms with Gasteiger partial charge in [0.05, 0.1) is 12.6 Å². The average Bonchev–Trinajstić information content (AvgIpc) is 3.18. The van der Waals surface area contributed by atoms with Crippen molar-refractivity contribution in [2.24, 2.45) is 0 Å². The summed E-state index contributed by atoms with van der Waals surface area (Å²) in [7, 11) is 3.80. The maximum Gasteiger partial charge on any atom is 0.142 e. The van der Waals surface area contributed by atoms with Crippen LogP contribution >= 0.6 is 0 Å². The van der Waals surface area contributed by atoms with Gasteiger partial charge in [0.1, 0.15) is 28.9 Å². The van der Waals surface area contributed by atoms with Gasteiger partial charge in [-0.2, -0.15) is 10.4 Å². The Kier molecular flexibility index (Phi) is 3.39. The molecule has 5 rings (SSSR count). The van der Waals surface area contributed by atoms with Crippen LogP contribution in [-0.4, -0.2) is 40.3 Å². The van der Waals surface area contributed by atoms with Gasteiger partial charge in [0.2, 0.25) is 0 Å². The first kappa shape index (κ1) is 16.1. The fourth-order valence-corrected chi connectivity index (χ4v) is 4.69. The second-order valence-corrected chi connectivity index (χ2v) is 7.32. The SMILES string of the molecule is COc1ccc2c(-c3c(C#N)c(N)nc4c3[C@H]3CC[C@@H](C4)N3C)n[nH]c2c1. The topological polar surface area (TPSA) is 104 Å². The summed E-state index contributed by atoms with van der Waals surface area (Å²) in [6.07, 6.45) is 3.06. The summed E-state index contributed by atoms with van der Waals surface area (Å²) in [5.74, 6) is 1.05. The molecular weight excluding hydrogens is 340 g/mol. The Balaban J connectivity index is 1.83. The molecule has 0 aliphatic carbocycles. The van der Waals surface area contributed by atoms with Gasteiger partial charge >= 0.3 is 0 Å². The number of likely N-dealkylation sites (N-methyl/N-ethyl adjacent to an activating group) is 1. The van der Waals surface area contributed by atoms with Crippen LogP contribution in [0, 0.1) is 11.3 Å². The molecule has 3 aromatic rings. The van der Waals surface area contributed by atoms with Crippen LogP contribution in [-0.2, 0) is 6.42 Å². The highest BCUT2D eigenvalue weighted by atomic mass is 16.5. The highest BCUT2D eigenvalue weighted by Gasteiger charge is 2.41. The summed E-state index contributed by atoms with van der Waals surface area (Å²) < 4.78 is 5.31. The Hall–Kier alpha value is -3.11. The van der Waals surface area contributed by atoms with E-state index in [-0.39, 0.29) is 6.04 Å². The maximum absolute atomic E-state index is 9.85. The van der Waals surface area contributed by atoms with Gasteiger partial charge in [-0.25, -0.2) is 4.98 Å². The first-order chi connectivity index (χ1) is 13.1. The Bertz CT molecular complexity index is 1110. The highest BCUT2D eigenvalue weighted by molar-refractivity contribution is 5.97. The monoisotopic (exact) mass is 360 g/mol. The van der Waals surface area contributed by atoms with Gasteiger partial charge < -0.3 is 10.5 Å². The van der Waals surface area contributed by atoms with Gasteiger partial charge in [-0.05, 0) is 32.0 Å². The first-order valence-corrected chi connectivity index (χ1v) is 9.09. The Morgan fingerprint density at radius 3 is 3.00 bits per heavy atom. The molecule has 1 aromatic carbocycles. The third kappa shape index (κ3) is 2.17. The summed E-state index contributed by atoms with van der Waals surface area (Å²) in [6, 6.07) is 8.81. The lowest BCUT2D eigenvalue weighted by Crippen LogP contribution is -2.35. The number of ether oxygens (including phenoxy) is 1. The molecule has 1 saturated heterocycles. The third-order valence-electron chi connectivity index (χ3n) is 6.06. The molecule has 0 unspecified atom stereocenters. The lowest BCUT2D eigenvalue weighted by atomic mass is 9.88. The minimum absolute atomic E-state index is 0.249. The number of anilines is 1. The van der Waals surface area contributed by atoms with E-state index in [9.17, 15) is 5.26 Å². The highest BCUT2D eigenvalue weighted by Crippen LogP contribution is 2.48. The van der Waals surface area contributed by atoms with Crippen molar-refractivity contribution >= 4 is 16.7 Å². The fraction of sp³-hybridized carbons (Fsp3) is 0.350. The number of nitrogens with one attached hydrogen (secondary N) is 1. The number of H-pyrrole nitrogens is 1. The van der Waals surface area contributed by atoms with E-state index in [0.29, 0.717) is 17.4 Å². The molecule has 27 heavy (non-hydrogen) atoms. The summed E-state index contributed by atoms with van der Waals surface area (Å²) in [6.45, 7) is 0. The normalized spacial score (nSPS) is 21.2. The van der Waals surface area contributed by atoms with Crippen molar-refractivity contribution in [3.63, 3.8) is 0 Å². The predicted octanol–water partition coefficient (Wildman–Crippen LogP) is 2.78. The van der Waals surface area contributed by atoms with Gasteiger partial charge in [-0.1, -0.05) is 0 Å². The second-order valence-electron chi connectivity index (χ2n) is 7.32. The zero-order valence-electron chi connectivity index (χ0n) is 15.3. The summed E-state index contributed by atoms with van der Waals surface area (Å²) >= 11 is 0. The van der Waals surface area contributed by atoms with E-state index in [1.807, 2.05) is 18.2 Å². The van der Waals surface area contributed by atoms with Crippen molar-refractivity contribution in [3.05, 3.63) is 35.0 Å². The van der Waals surface area contributed by atoms with Crippen LogP contribution in [0.2, 0.25) is 0 Å². The minimum Gasteiger partial charge on any atom is -0.497 e.